The van der Waals surface area contributed by atoms with Gasteiger partial charge in [-0.1, -0.05) is 200 Å². The Bertz CT molecular complexity index is 3560. The molecule has 0 spiro atoms. The maximum absolute atomic E-state index is 2.45. The molecule has 1 unspecified atom stereocenters. The van der Waals surface area contributed by atoms with Crippen LogP contribution in [0.2, 0.25) is 0 Å². The van der Waals surface area contributed by atoms with Crippen molar-refractivity contribution in [2.45, 2.75) is 12.3 Å². The molecule has 64 heavy (non-hydrogen) atoms. The van der Waals surface area contributed by atoms with Gasteiger partial charge >= 0.3 is 0 Å². The molecule has 12 rings (SSSR count). The Hall–Kier alpha value is -8.20. The maximum Gasteiger partial charge on any atom is 0.0619 e. The van der Waals surface area contributed by atoms with Gasteiger partial charge in [0.2, 0.25) is 0 Å². The highest BCUT2D eigenvalue weighted by Crippen LogP contribution is 2.43. The van der Waals surface area contributed by atoms with Gasteiger partial charge in [0.15, 0.2) is 0 Å². The molecule has 0 amide bonds. The van der Waals surface area contributed by atoms with Crippen molar-refractivity contribution in [3.63, 3.8) is 0 Å². The molecule has 1 heterocycles. The predicted octanol–water partition coefficient (Wildman–Crippen LogP) is 16.9. The topological polar surface area (TPSA) is 8.17 Å². The Morgan fingerprint density at radius 3 is 1.80 bits per heavy atom. The summed E-state index contributed by atoms with van der Waals surface area (Å²) in [6, 6.07) is 84.1. The highest BCUT2D eigenvalue weighted by atomic mass is 15.1. The molecule has 1 aliphatic carbocycles. The summed E-state index contributed by atoms with van der Waals surface area (Å²) < 4.78 is 2.45. The lowest BCUT2D eigenvalue weighted by Gasteiger charge is -2.29. The summed E-state index contributed by atoms with van der Waals surface area (Å²) in [5.41, 5.74) is 15.6. The summed E-state index contributed by atoms with van der Waals surface area (Å²) in [7, 11) is 0. The molecule has 10 aromatic carbocycles. The first-order valence-corrected chi connectivity index (χ1v) is 22.3. The normalized spacial score (nSPS) is 13.8. The lowest BCUT2D eigenvalue weighted by atomic mass is 9.90. The van der Waals surface area contributed by atoms with Gasteiger partial charge in [-0.05, 0) is 110 Å². The minimum Gasteiger partial charge on any atom is -0.311 e. The highest BCUT2D eigenvalue weighted by Gasteiger charge is 2.22. The number of allylic oxidation sites excluding steroid dienone is 3. The van der Waals surface area contributed by atoms with Crippen molar-refractivity contribution in [1.29, 1.82) is 0 Å². The van der Waals surface area contributed by atoms with E-state index in [9.17, 15) is 0 Å². The molecular formula is C62H44N2. The lowest BCUT2D eigenvalue weighted by Crippen LogP contribution is -2.17. The van der Waals surface area contributed by atoms with Gasteiger partial charge in [0.25, 0.3) is 0 Å². The highest BCUT2D eigenvalue weighted by molar-refractivity contribution is 6.22. The van der Waals surface area contributed by atoms with Crippen LogP contribution in [0.15, 0.2) is 254 Å². The molecule has 1 atom stereocenters. The first-order chi connectivity index (χ1) is 31.7. The Labute approximate surface area is 373 Å². The van der Waals surface area contributed by atoms with Crippen molar-refractivity contribution < 1.29 is 0 Å². The minimum absolute atomic E-state index is 0.304. The van der Waals surface area contributed by atoms with E-state index in [4.69, 9.17) is 0 Å². The van der Waals surface area contributed by atoms with Crippen LogP contribution in [-0.2, 0) is 0 Å². The Morgan fingerprint density at radius 1 is 0.422 bits per heavy atom. The number of para-hydroxylation sites is 1. The summed E-state index contributed by atoms with van der Waals surface area (Å²) >= 11 is 0. The van der Waals surface area contributed by atoms with E-state index in [2.05, 4.69) is 258 Å². The number of hydrogen-bond acceptors (Lipinski definition) is 1. The van der Waals surface area contributed by atoms with Crippen LogP contribution in [0.5, 0.6) is 0 Å². The van der Waals surface area contributed by atoms with E-state index in [1.165, 1.54) is 88.0 Å². The molecule has 0 saturated carbocycles. The van der Waals surface area contributed by atoms with E-state index in [0.29, 0.717) is 5.92 Å². The van der Waals surface area contributed by atoms with Crippen molar-refractivity contribution in [2.75, 3.05) is 4.90 Å². The molecule has 0 bridgehead atoms. The average molecular weight is 817 g/mol. The van der Waals surface area contributed by atoms with Crippen LogP contribution in [-0.4, -0.2) is 4.57 Å². The third-order valence-corrected chi connectivity index (χ3v) is 13.1. The zero-order chi connectivity index (χ0) is 42.4. The van der Waals surface area contributed by atoms with Crippen molar-refractivity contribution in [3.8, 4) is 39.1 Å². The van der Waals surface area contributed by atoms with Crippen LogP contribution in [0.4, 0.5) is 11.4 Å². The van der Waals surface area contributed by atoms with Gasteiger partial charge in [0.1, 0.15) is 0 Å². The van der Waals surface area contributed by atoms with Crippen LogP contribution >= 0.6 is 0 Å². The molecule has 1 aliphatic rings. The summed E-state index contributed by atoms with van der Waals surface area (Å²) in [6.45, 7) is 0. The Kier molecular flexibility index (Phi) is 9.34. The number of benzene rings is 10. The molecule has 2 heteroatoms. The number of fused-ring (bicyclic) bond motifs is 6. The monoisotopic (exact) mass is 816 g/mol. The van der Waals surface area contributed by atoms with Crippen LogP contribution in [0.1, 0.15) is 17.9 Å². The zero-order valence-corrected chi connectivity index (χ0v) is 35.4. The van der Waals surface area contributed by atoms with Crippen LogP contribution in [0.25, 0.3) is 82.4 Å². The molecular weight excluding hydrogens is 773 g/mol. The number of anilines is 2. The van der Waals surface area contributed by atoms with Gasteiger partial charge in [-0.15, -0.1) is 0 Å². The summed E-state index contributed by atoms with van der Waals surface area (Å²) in [5.74, 6) is 0.304. The second kappa shape index (κ2) is 15.9. The lowest BCUT2D eigenvalue weighted by molar-refractivity contribution is 0.841. The van der Waals surface area contributed by atoms with Gasteiger partial charge in [-0.3, -0.25) is 0 Å². The number of aromatic nitrogens is 1. The zero-order valence-electron chi connectivity index (χ0n) is 35.4. The Morgan fingerprint density at radius 2 is 1.05 bits per heavy atom. The van der Waals surface area contributed by atoms with Gasteiger partial charge < -0.3 is 9.47 Å². The minimum atomic E-state index is 0.304. The summed E-state index contributed by atoms with van der Waals surface area (Å²) in [4.78, 5) is 2.43. The molecule has 1 aromatic heterocycles. The second-order valence-electron chi connectivity index (χ2n) is 16.9. The number of hydrogen-bond donors (Lipinski definition) is 0. The fourth-order valence-electron chi connectivity index (χ4n) is 9.92. The molecule has 0 fully saturated rings. The van der Waals surface area contributed by atoms with Crippen LogP contribution < -0.4 is 4.90 Å². The molecule has 0 radical (unpaired) electrons. The maximum atomic E-state index is 2.45. The second-order valence-corrected chi connectivity index (χ2v) is 16.9. The molecule has 11 aromatic rings. The van der Waals surface area contributed by atoms with E-state index in [1.54, 1.807) is 0 Å². The van der Waals surface area contributed by atoms with E-state index < -0.39 is 0 Å². The van der Waals surface area contributed by atoms with E-state index in [1.807, 2.05) is 0 Å². The van der Waals surface area contributed by atoms with E-state index in [-0.39, 0.29) is 0 Å². The molecule has 0 saturated heterocycles. The first-order valence-electron chi connectivity index (χ1n) is 22.3. The van der Waals surface area contributed by atoms with Gasteiger partial charge in [0, 0.05) is 44.8 Å². The average Bonchev–Trinajstić information content (AvgIpc) is 3.73. The van der Waals surface area contributed by atoms with Gasteiger partial charge in [0.05, 0.1) is 11.0 Å². The Balaban J connectivity index is 0.965. The van der Waals surface area contributed by atoms with E-state index in [0.717, 1.165) is 23.5 Å². The third-order valence-electron chi connectivity index (χ3n) is 13.1. The van der Waals surface area contributed by atoms with Crippen molar-refractivity contribution in [2.24, 2.45) is 0 Å². The predicted molar refractivity (Wildman–Crippen MR) is 272 cm³/mol. The SMILES string of the molecule is C1=CC(c2ccc3ccccc3c2)CC=C1N(c1ccc(-c2ccc(-c3ccccc3)cc2)cc1)c1cccc(-c2cccc3c2c2ccc4ccccc4c2n3-c2ccccc2)c1. The summed E-state index contributed by atoms with van der Waals surface area (Å²) in [6.07, 6.45) is 8.05. The van der Waals surface area contributed by atoms with E-state index >= 15 is 0 Å². The van der Waals surface area contributed by atoms with Gasteiger partial charge in [-0.2, -0.15) is 0 Å². The van der Waals surface area contributed by atoms with Crippen molar-refractivity contribution in [1.82, 2.24) is 4.57 Å². The van der Waals surface area contributed by atoms with Crippen LogP contribution in [0.3, 0.4) is 0 Å². The first kappa shape index (κ1) is 37.6. The molecule has 302 valence electrons. The standard InChI is InChI=1S/C62H44N2/c1-3-13-43(14-4-1)45-25-27-46(28-26-45)47-31-36-54(37-32-47)63(55-38-33-48(34-39-55)51-30-29-44-15-7-8-17-50(44)41-51)56-21-11-18-52(42-56)57-23-12-24-60-61(57)59-40-35-49-16-9-10-22-58(49)62(59)64(60)53-19-5-2-6-20-53/h1-33,35-42,48H,34H2. The van der Waals surface area contributed by atoms with Crippen LogP contribution in [0, 0.1) is 0 Å². The largest absolute Gasteiger partial charge is 0.311 e. The summed E-state index contributed by atoms with van der Waals surface area (Å²) in [5, 5.41) is 7.55. The smallest absolute Gasteiger partial charge is 0.0619 e. The van der Waals surface area contributed by atoms with Crippen molar-refractivity contribution in [3.05, 3.63) is 260 Å². The molecule has 0 aliphatic heterocycles. The molecule has 2 nitrogen and oxygen atoms in total. The van der Waals surface area contributed by atoms with Crippen molar-refractivity contribution >= 4 is 54.7 Å². The fraction of sp³-hybridized carbons (Fsp3) is 0.0323. The third kappa shape index (κ3) is 6.68. The fourth-order valence-corrected chi connectivity index (χ4v) is 9.92. The molecule has 0 N–H and O–H groups in total. The quantitative estimate of drug-likeness (QED) is 0.148. The number of nitrogens with zero attached hydrogens (tertiary/aromatic N) is 2. The number of rotatable bonds is 8. The van der Waals surface area contributed by atoms with Gasteiger partial charge in [-0.25, -0.2) is 0 Å².